The summed E-state index contributed by atoms with van der Waals surface area (Å²) in [7, 11) is 0. The summed E-state index contributed by atoms with van der Waals surface area (Å²) < 4.78 is 4.65. The van der Waals surface area contributed by atoms with Gasteiger partial charge in [-0.05, 0) is 37.6 Å². The van der Waals surface area contributed by atoms with Crippen LogP contribution in [0.3, 0.4) is 0 Å². The summed E-state index contributed by atoms with van der Waals surface area (Å²) >= 11 is 0. The van der Waals surface area contributed by atoms with E-state index in [-0.39, 0.29) is 5.91 Å². The minimum atomic E-state index is -0.177. The first kappa shape index (κ1) is 12.2. The standard InChI is InChI=1S/C13H15N3O2/c1-3-14-12-5-4-10(6-9(12)2)13(17)16-11-7-15-18-8-11/h4-8,14H,3H2,1-2H3,(H,16,17). The molecule has 5 nitrogen and oxygen atoms in total. The molecule has 0 aliphatic carbocycles. The number of anilines is 2. The molecule has 0 aliphatic rings. The molecule has 0 unspecified atom stereocenters. The first-order chi connectivity index (χ1) is 8.70. The number of hydrogen-bond acceptors (Lipinski definition) is 4. The molecule has 1 aromatic heterocycles. The molecule has 0 bridgehead atoms. The molecule has 2 rings (SSSR count). The van der Waals surface area contributed by atoms with Crippen molar-refractivity contribution in [1.29, 1.82) is 0 Å². The molecule has 0 fully saturated rings. The predicted molar refractivity (Wildman–Crippen MR) is 69.8 cm³/mol. The zero-order valence-electron chi connectivity index (χ0n) is 10.4. The summed E-state index contributed by atoms with van der Waals surface area (Å²) in [5, 5.41) is 9.46. The van der Waals surface area contributed by atoms with Gasteiger partial charge in [0.25, 0.3) is 5.91 Å². The second kappa shape index (κ2) is 5.35. The van der Waals surface area contributed by atoms with E-state index in [1.165, 1.54) is 12.5 Å². The third kappa shape index (κ3) is 2.68. The lowest BCUT2D eigenvalue weighted by atomic mass is 10.1. The van der Waals surface area contributed by atoms with Gasteiger partial charge in [0.1, 0.15) is 12.0 Å². The van der Waals surface area contributed by atoms with Gasteiger partial charge in [-0.15, -0.1) is 0 Å². The lowest BCUT2D eigenvalue weighted by Gasteiger charge is -2.09. The molecular formula is C13H15N3O2. The molecule has 0 atom stereocenters. The predicted octanol–water partition coefficient (Wildman–Crippen LogP) is 2.67. The minimum absolute atomic E-state index is 0.177. The SMILES string of the molecule is CCNc1ccc(C(=O)Nc2cnoc2)cc1C. The topological polar surface area (TPSA) is 67.2 Å². The number of carbonyl (C=O) groups is 1. The van der Waals surface area contributed by atoms with E-state index in [0.29, 0.717) is 11.3 Å². The number of amides is 1. The summed E-state index contributed by atoms with van der Waals surface area (Å²) in [6.45, 7) is 4.85. The molecule has 2 aromatic rings. The molecule has 1 amide bonds. The van der Waals surface area contributed by atoms with Crippen molar-refractivity contribution >= 4 is 17.3 Å². The fraction of sp³-hybridized carbons (Fsp3) is 0.231. The zero-order chi connectivity index (χ0) is 13.0. The highest BCUT2D eigenvalue weighted by Crippen LogP contribution is 2.17. The third-order valence-electron chi connectivity index (χ3n) is 2.55. The van der Waals surface area contributed by atoms with Gasteiger partial charge < -0.3 is 15.2 Å². The maximum atomic E-state index is 11.9. The Bertz CT molecular complexity index is 535. The van der Waals surface area contributed by atoms with E-state index in [1.807, 2.05) is 26.0 Å². The minimum Gasteiger partial charge on any atom is -0.385 e. The first-order valence-corrected chi connectivity index (χ1v) is 5.76. The molecule has 2 N–H and O–H groups in total. The van der Waals surface area contributed by atoms with Crippen LogP contribution in [0, 0.1) is 6.92 Å². The van der Waals surface area contributed by atoms with Crippen molar-refractivity contribution in [3.8, 4) is 0 Å². The Labute approximate surface area is 105 Å². The number of aryl methyl sites for hydroxylation is 1. The third-order valence-corrected chi connectivity index (χ3v) is 2.55. The highest BCUT2D eigenvalue weighted by molar-refractivity contribution is 6.04. The highest BCUT2D eigenvalue weighted by Gasteiger charge is 2.08. The number of rotatable bonds is 4. The van der Waals surface area contributed by atoms with Crippen LogP contribution in [0.25, 0.3) is 0 Å². The van der Waals surface area contributed by atoms with E-state index >= 15 is 0 Å². The first-order valence-electron chi connectivity index (χ1n) is 5.76. The van der Waals surface area contributed by atoms with Crippen LogP contribution >= 0.6 is 0 Å². The van der Waals surface area contributed by atoms with Gasteiger partial charge >= 0.3 is 0 Å². The molecule has 0 aliphatic heterocycles. The molecular weight excluding hydrogens is 230 g/mol. The number of nitrogens with zero attached hydrogens (tertiary/aromatic N) is 1. The fourth-order valence-electron chi connectivity index (χ4n) is 1.66. The van der Waals surface area contributed by atoms with Gasteiger partial charge in [0.15, 0.2) is 0 Å². The normalized spacial score (nSPS) is 10.1. The van der Waals surface area contributed by atoms with E-state index in [4.69, 9.17) is 0 Å². The molecule has 0 radical (unpaired) electrons. The van der Waals surface area contributed by atoms with Gasteiger partial charge in [-0.25, -0.2) is 0 Å². The molecule has 94 valence electrons. The van der Waals surface area contributed by atoms with Crippen LogP contribution in [0.1, 0.15) is 22.8 Å². The summed E-state index contributed by atoms with van der Waals surface area (Å²) in [5.41, 5.74) is 3.23. The number of nitrogens with one attached hydrogen (secondary N) is 2. The van der Waals surface area contributed by atoms with Crippen LogP contribution < -0.4 is 10.6 Å². The Morgan fingerprint density at radius 2 is 2.28 bits per heavy atom. The smallest absolute Gasteiger partial charge is 0.255 e. The second-order valence-corrected chi connectivity index (χ2v) is 3.93. The lowest BCUT2D eigenvalue weighted by molar-refractivity contribution is 0.102. The number of aromatic nitrogens is 1. The monoisotopic (exact) mass is 245 g/mol. The molecule has 0 spiro atoms. The van der Waals surface area contributed by atoms with Crippen LogP contribution in [-0.2, 0) is 0 Å². The fourth-order valence-corrected chi connectivity index (χ4v) is 1.66. The molecule has 5 heteroatoms. The largest absolute Gasteiger partial charge is 0.385 e. The molecule has 18 heavy (non-hydrogen) atoms. The Hall–Kier alpha value is -2.30. The summed E-state index contributed by atoms with van der Waals surface area (Å²) in [6, 6.07) is 5.54. The Kier molecular flexibility index (Phi) is 3.62. The van der Waals surface area contributed by atoms with Crippen molar-refractivity contribution in [3.05, 3.63) is 41.8 Å². The molecule has 1 heterocycles. The molecule has 0 saturated carbocycles. The Morgan fingerprint density at radius 3 is 2.89 bits per heavy atom. The Balaban J connectivity index is 2.13. The quantitative estimate of drug-likeness (QED) is 0.869. The van der Waals surface area contributed by atoms with Gasteiger partial charge in [-0.1, -0.05) is 5.16 Å². The van der Waals surface area contributed by atoms with Crippen LogP contribution in [-0.4, -0.2) is 17.6 Å². The molecule has 0 saturated heterocycles. The van der Waals surface area contributed by atoms with Crippen molar-refractivity contribution in [3.63, 3.8) is 0 Å². The molecule has 1 aromatic carbocycles. The second-order valence-electron chi connectivity index (χ2n) is 3.93. The van der Waals surface area contributed by atoms with Crippen LogP contribution in [0.15, 0.2) is 35.2 Å². The average molecular weight is 245 g/mol. The van der Waals surface area contributed by atoms with Crippen molar-refractivity contribution < 1.29 is 9.32 Å². The van der Waals surface area contributed by atoms with Gasteiger partial charge in [0.2, 0.25) is 0 Å². The van der Waals surface area contributed by atoms with E-state index in [9.17, 15) is 4.79 Å². The van der Waals surface area contributed by atoms with Crippen molar-refractivity contribution in [2.24, 2.45) is 0 Å². The Morgan fingerprint density at radius 1 is 1.44 bits per heavy atom. The maximum Gasteiger partial charge on any atom is 0.255 e. The summed E-state index contributed by atoms with van der Waals surface area (Å²) in [6.07, 6.45) is 2.84. The summed E-state index contributed by atoms with van der Waals surface area (Å²) in [4.78, 5) is 11.9. The highest BCUT2D eigenvalue weighted by atomic mass is 16.5. The summed E-state index contributed by atoms with van der Waals surface area (Å²) in [5.74, 6) is -0.177. The average Bonchev–Trinajstić information content (AvgIpc) is 2.84. The van der Waals surface area contributed by atoms with Crippen LogP contribution in [0.2, 0.25) is 0 Å². The number of benzene rings is 1. The van der Waals surface area contributed by atoms with Gasteiger partial charge in [0, 0.05) is 17.8 Å². The van der Waals surface area contributed by atoms with Crippen molar-refractivity contribution in [2.45, 2.75) is 13.8 Å². The lowest BCUT2D eigenvalue weighted by Crippen LogP contribution is -2.12. The van der Waals surface area contributed by atoms with Gasteiger partial charge in [-0.3, -0.25) is 4.79 Å². The van der Waals surface area contributed by atoms with Crippen LogP contribution in [0.4, 0.5) is 11.4 Å². The number of hydrogen-bond donors (Lipinski definition) is 2. The van der Waals surface area contributed by atoms with E-state index in [1.54, 1.807) is 6.07 Å². The maximum absolute atomic E-state index is 11.9. The van der Waals surface area contributed by atoms with Crippen molar-refractivity contribution in [2.75, 3.05) is 17.2 Å². The van der Waals surface area contributed by atoms with E-state index < -0.39 is 0 Å². The van der Waals surface area contributed by atoms with E-state index in [2.05, 4.69) is 20.3 Å². The van der Waals surface area contributed by atoms with E-state index in [0.717, 1.165) is 17.8 Å². The van der Waals surface area contributed by atoms with Crippen molar-refractivity contribution in [1.82, 2.24) is 5.16 Å². The number of carbonyl (C=O) groups excluding carboxylic acids is 1. The van der Waals surface area contributed by atoms with Gasteiger partial charge in [-0.2, -0.15) is 0 Å². The van der Waals surface area contributed by atoms with Crippen LogP contribution in [0.5, 0.6) is 0 Å². The zero-order valence-corrected chi connectivity index (χ0v) is 10.4. The van der Waals surface area contributed by atoms with Gasteiger partial charge in [0.05, 0.1) is 6.20 Å².